The Balaban J connectivity index is 1.53. The van der Waals surface area contributed by atoms with Crippen LogP contribution in [-0.4, -0.2) is 67.4 Å². The van der Waals surface area contributed by atoms with Crippen LogP contribution in [0.15, 0.2) is 17.5 Å². The second-order valence-electron chi connectivity index (χ2n) is 6.23. The van der Waals surface area contributed by atoms with Crippen molar-refractivity contribution in [2.45, 2.75) is 6.54 Å². The van der Waals surface area contributed by atoms with Crippen LogP contribution in [0, 0.1) is 11.8 Å². The summed E-state index contributed by atoms with van der Waals surface area (Å²) in [5, 5.41) is 2.13. The first-order chi connectivity index (χ1) is 9.63. The molecule has 4 nitrogen and oxygen atoms in total. The van der Waals surface area contributed by atoms with Gasteiger partial charge in [-0.1, -0.05) is 6.07 Å². The van der Waals surface area contributed by atoms with Gasteiger partial charge < -0.3 is 9.80 Å². The van der Waals surface area contributed by atoms with Crippen LogP contribution in [0.4, 0.5) is 0 Å². The molecule has 1 amide bonds. The maximum atomic E-state index is 12.4. The molecule has 0 bridgehead atoms. The van der Waals surface area contributed by atoms with Crippen molar-refractivity contribution in [1.29, 1.82) is 0 Å². The van der Waals surface area contributed by atoms with E-state index in [2.05, 4.69) is 46.3 Å². The largest absolute Gasteiger partial charge is 0.341 e. The molecular weight excluding hydrogens is 270 g/mol. The lowest BCUT2D eigenvalue weighted by Crippen LogP contribution is -2.36. The summed E-state index contributed by atoms with van der Waals surface area (Å²) in [7, 11) is 4.12. The Morgan fingerprint density at radius 3 is 2.85 bits per heavy atom. The van der Waals surface area contributed by atoms with Crippen molar-refractivity contribution in [3.05, 3.63) is 22.4 Å². The third-order valence-electron chi connectivity index (χ3n) is 4.38. The monoisotopic (exact) mass is 293 g/mol. The molecule has 20 heavy (non-hydrogen) atoms. The van der Waals surface area contributed by atoms with Gasteiger partial charge in [0.1, 0.15) is 0 Å². The molecule has 5 heteroatoms. The Kier molecular flexibility index (Phi) is 4.10. The van der Waals surface area contributed by atoms with Crippen molar-refractivity contribution < 1.29 is 4.79 Å². The quantitative estimate of drug-likeness (QED) is 0.816. The number of nitrogens with zero attached hydrogens (tertiary/aromatic N) is 3. The fourth-order valence-corrected chi connectivity index (χ4v) is 4.05. The molecule has 0 N–H and O–H groups in total. The number of likely N-dealkylation sites (N-methyl/N-ethyl adjacent to an activating group) is 1. The highest BCUT2D eigenvalue weighted by Gasteiger charge is 2.45. The molecule has 0 radical (unpaired) electrons. The van der Waals surface area contributed by atoms with Gasteiger partial charge in [-0.15, -0.1) is 11.3 Å². The fourth-order valence-electron chi connectivity index (χ4n) is 3.31. The normalized spacial score (nSPS) is 26.8. The highest BCUT2D eigenvalue weighted by Crippen LogP contribution is 2.33. The van der Waals surface area contributed by atoms with Crippen LogP contribution in [0.3, 0.4) is 0 Å². The zero-order valence-electron chi connectivity index (χ0n) is 12.3. The summed E-state index contributed by atoms with van der Waals surface area (Å²) in [6, 6.07) is 4.29. The van der Waals surface area contributed by atoms with Crippen molar-refractivity contribution in [2.24, 2.45) is 11.8 Å². The minimum atomic E-state index is 0.247. The molecule has 0 aliphatic carbocycles. The van der Waals surface area contributed by atoms with E-state index in [1.165, 1.54) is 4.88 Å². The first-order valence-corrected chi connectivity index (χ1v) is 8.19. The topological polar surface area (TPSA) is 26.8 Å². The number of hydrogen-bond acceptors (Lipinski definition) is 4. The van der Waals surface area contributed by atoms with Crippen LogP contribution >= 0.6 is 11.3 Å². The van der Waals surface area contributed by atoms with E-state index >= 15 is 0 Å². The van der Waals surface area contributed by atoms with Gasteiger partial charge in [0.05, 0.1) is 5.92 Å². The van der Waals surface area contributed by atoms with Gasteiger partial charge in [-0.3, -0.25) is 9.69 Å². The van der Waals surface area contributed by atoms with Crippen molar-refractivity contribution in [3.8, 4) is 0 Å². The first kappa shape index (κ1) is 14.0. The maximum absolute atomic E-state index is 12.4. The minimum absolute atomic E-state index is 0.247. The smallest absolute Gasteiger partial charge is 0.227 e. The Bertz CT molecular complexity index is 460. The second kappa shape index (κ2) is 5.84. The Morgan fingerprint density at radius 1 is 1.35 bits per heavy atom. The summed E-state index contributed by atoms with van der Waals surface area (Å²) < 4.78 is 0. The van der Waals surface area contributed by atoms with E-state index in [1.807, 2.05) is 11.3 Å². The maximum Gasteiger partial charge on any atom is 0.227 e. The lowest BCUT2D eigenvalue weighted by atomic mass is 10.0. The number of amides is 1. The molecule has 3 heterocycles. The molecule has 2 fully saturated rings. The summed E-state index contributed by atoms with van der Waals surface area (Å²) in [4.78, 5) is 20.5. The molecule has 1 aromatic rings. The Hall–Kier alpha value is -0.910. The Morgan fingerprint density at radius 2 is 2.20 bits per heavy atom. The van der Waals surface area contributed by atoms with Crippen LogP contribution in [0.5, 0.6) is 0 Å². The van der Waals surface area contributed by atoms with Crippen LogP contribution in [-0.2, 0) is 11.3 Å². The molecule has 1 aromatic heterocycles. The number of carbonyl (C=O) groups is 1. The third-order valence-corrected chi connectivity index (χ3v) is 5.24. The number of hydrogen-bond donors (Lipinski definition) is 0. The highest BCUT2D eigenvalue weighted by atomic mass is 32.1. The number of likely N-dealkylation sites (tertiary alicyclic amines) is 2. The predicted octanol–water partition coefficient (Wildman–Crippen LogP) is 1.20. The van der Waals surface area contributed by atoms with Gasteiger partial charge in [0, 0.05) is 50.1 Å². The van der Waals surface area contributed by atoms with Crippen molar-refractivity contribution in [1.82, 2.24) is 14.7 Å². The van der Waals surface area contributed by atoms with Crippen LogP contribution < -0.4 is 0 Å². The van der Waals surface area contributed by atoms with Crippen molar-refractivity contribution in [2.75, 3.05) is 46.8 Å². The van der Waals surface area contributed by atoms with E-state index in [1.54, 1.807) is 0 Å². The van der Waals surface area contributed by atoms with Crippen molar-refractivity contribution >= 4 is 17.2 Å². The van der Waals surface area contributed by atoms with E-state index in [4.69, 9.17) is 0 Å². The van der Waals surface area contributed by atoms with Gasteiger partial charge in [-0.2, -0.15) is 0 Å². The zero-order chi connectivity index (χ0) is 14.1. The van der Waals surface area contributed by atoms with Gasteiger partial charge in [-0.05, 0) is 25.5 Å². The number of rotatable bonds is 5. The molecule has 2 aliphatic rings. The lowest BCUT2D eigenvalue weighted by Gasteiger charge is -2.22. The molecule has 2 saturated heterocycles. The van der Waals surface area contributed by atoms with E-state index < -0.39 is 0 Å². The van der Waals surface area contributed by atoms with Gasteiger partial charge >= 0.3 is 0 Å². The molecular formula is C15H23N3OS. The summed E-state index contributed by atoms with van der Waals surface area (Å²) in [5.74, 6) is 1.17. The third kappa shape index (κ3) is 2.90. The van der Waals surface area contributed by atoms with Gasteiger partial charge in [0.15, 0.2) is 0 Å². The molecule has 0 saturated carbocycles. The average Bonchev–Trinajstić information content (AvgIpc) is 3.08. The second-order valence-corrected chi connectivity index (χ2v) is 7.26. The molecule has 110 valence electrons. The molecule has 3 rings (SSSR count). The molecule has 2 aliphatic heterocycles. The van der Waals surface area contributed by atoms with Crippen LogP contribution in [0.25, 0.3) is 0 Å². The van der Waals surface area contributed by atoms with E-state index in [9.17, 15) is 4.79 Å². The standard InChI is InChI=1S/C15H23N3OS/c1-16(2)5-6-18-9-12-8-17(11-14(12)15(18)19)10-13-4-3-7-20-13/h3-4,7,12,14H,5-6,8-11H2,1-2H3/t12-,14-/m0/s1. The van der Waals surface area contributed by atoms with Crippen LogP contribution in [0.2, 0.25) is 0 Å². The summed E-state index contributed by atoms with van der Waals surface area (Å²) in [6.07, 6.45) is 0. The lowest BCUT2D eigenvalue weighted by molar-refractivity contribution is -0.131. The summed E-state index contributed by atoms with van der Waals surface area (Å²) in [6.45, 7) is 5.83. The van der Waals surface area contributed by atoms with Crippen molar-refractivity contribution in [3.63, 3.8) is 0 Å². The predicted molar refractivity (Wildman–Crippen MR) is 81.7 cm³/mol. The molecule has 0 spiro atoms. The fraction of sp³-hybridized carbons (Fsp3) is 0.667. The minimum Gasteiger partial charge on any atom is -0.341 e. The number of thiophene rings is 1. The van der Waals surface area contributed by atoms with Gasteiger partial charge in [-0.25, -0.2) is 0 Å². The van der Waals surface area contributed by atoms with E-state index in [0.717, 1.165) is 39.3 Å². The van der Waals surface area contributed by atoms with Gasteiger partial charge in [0.2, 0.25) is 5.91 Å². The number of carbonyl (C=O) groups excluding carboxylic acids is 1. The highest BCUT2D eigenvalue weighted by molar-refractivity contribution is 7.09. The summed E-state index contributed by atoms with van der Waals surface area (Å²) >= 11 is 1.81. The van der Waals surface area contributed by atoms with E-state index in [0.29, 0.717) is 11.8 Å². The first-order valence-electron chi connectivity index (χ1n) is 7.31. The molecule has 0 aromatic carbocycles. The molecule has 0 unspecified atom stereocenters. The average molecular weight is 293 g/mol. The van der Waals surface area contributed by atoms with E-state index in [-0.39, 0.29) is 5.92 Å². The SMILES string of the molecule is CN(C)CCN1C[C@@H]2CN(Cc3cccs3)C[C@@H]2C1=O. The van der Waals surface area contributed by atoms with Crippen LogP contribution in [0.1, 0.15) is 4.88 Å². The zero-order valence-corrected chi connectivity index (χ0v) is 13.1. The molecule has 2 atom stereocenters. The Labute approximate surface area is 125 Å². The van der Waals surface area contributed by atoms with Gasteiger partial charge in [0.25, 0.3) is 0 Å². The number of fused-ring (bicyclic) bond motifs is 1. The summed E-state index contributed by atoms with van der Waals surface area (Å²) in [5.41, 5.74) is 0.